The van der Waals surface area contributed by atoms with Crippen molar-refractivity contribution in [1.29, 1.82) is 0 Å². The minimum absolute atomic E-state index is 0.145. The molecule has 0 aliphatic carbocycles. The van der Waals surface area contributed by atoms with E-state index < -0.39 is 36.3 Å². The molecule has 1 aliphatic heterocycles. The maximum atomic E-state index is 12.8. The highest BCUT2D eigenvalue weighted by Crippen LogP contribution is 2.22. The zero-order valence-corrected chi connectivity index (χ0v) is 27.0. The Morgan fingerprint density at radius 2 is 1.63 bits per heavy atom. The minimum Gasteiger partial charge on any atom is -0.452 e. The molecule has 1 aliphatic rings. The third-order valence-corrected chi connectivity index (χ3v) is 8.37. The SMILES string of the molecule is CCC[C@@H]1OC(=O)[C@@H](C)C[C@@H](C)CCCCC(=O)CCC[C@@H](CC)/C=C/C=C(\CO)CC[C@@H](O)[C@@H](O)C[C@H](O)CNC1=O. The fourth-order valence-electron chi connectivity index (χ4n) is 5.46. The summed E-state index contributed by atoms with van der Waals surface area (Å²) in [4.78, 5) is 38.0. The number of allylic oxidation sites excluding steroid dienone is 3. The number of carbonyl (C=O) groups excluding carboxylic acids is 3. The number of hydrogen-bond acceptors (Lipinski definition) is 8. The number of Topliss-reactive ketones (excluding diaryl/α,β-unsaturated/α-hetero) is 1. The van der Waals surface area contributed by atoms with Crippen molar-refractivity contribution < 1.29 is 39.5 Å². The predicted octanol–water partition coefficient (Wildman–Crippen LogP) is 4.54. The van der Waals surface area contributed by atoms with Gasteiger partial charge in [0.15, 0.2) is 6.10 Å². The first-order valence-corrected chi connectivity index (χ1v) is 16.5. The molecule has 0 saturated heterocycles. The van der Waals surface area contributed by atoms with Gasteiger partial charge in [0, 0.05) is 25.8 Å². The largest absolute Gasteiger partial charge is 0.452 e. The van der Waals surface area contributed by atoms with E-state index in [4.69, 9.17) is 4.74 Å². The standard InChI is InChI=1S/C34H59NO8/c1-5-11-32-33(41)35-22-29(38)21-31(40)30(39)19-18-27(23-36)15-9-13-26(6-2)14-10-17-28(37)16-8-7-12-24(3)20-25(4)34(42)43-32/h9,13,15,24-26,29-32,36,38-40H,5-8,10-12,14,16-23H2,1-4H3,(H,35,41)/b13-9+,27-15-/t24-,25-,26-,29-,30+,31-,32-/m0/s1. The van der Waals surface area contributed by atoms with Gasteiger partial charge in [-0.25, -0.2) is 0 Å². The molecule has 0 aromatic carbocycles. The molecule has 0 radical (unpaired) electrons. The zero-order chi connectivity index (χ0) is 32.2. The molecule has 7 atom stereocenters. The summed E-state index contributed by atoms with van der Waals surface area (Å²) < 4.78 is 5.57. The van der Waals surface area contributed by atoms with Gasteiger partial charge in [0.25, 0.3) is 5.91 Å². The Hall–Kier alpha value is -2.07. The van der Waals surface area contributed by atoms with Crippen LogP contribution in [0.15, 0.2) is 23.8 Å². The summed E-state index contributed by atoms with van der Waals surface area (Å²) in [5.41, 5.74) is 0.716. The molecule has 248 valence electrons. The summed E-state index contributed by atoms with van der Waals surface area (Å²) in [6.45, 7) is 7.56. The van der Waals surface area contributed by atoms with Crippen molar-refractivity contribution in [3.63, 3.8) is 0 Å². The molecule has 1 rings (SSSR count). The number of esters is 1. The van der Waals surface area contributed by atoms with Crippen molar-refractivity contribution >= 4 is 17.7 Å². The third kappa shape index (κ3) is 17.1. The van der Waals surface area contributed by atoms with E-state index in [-0.39, 0.29) is 43.6 Å². The third-order valence-electron chi connectivity index (χ3n) is 8.37. The Bertz CT molecular complexity index is 872. The minimum atomic E-state index is -1.21. The highest BCUT2D eigenvalue weighted by atomic mass is 16.5. The first kappa shape index (κ1) is 39.0. The Balaban J connectivity index is 2.92. The average Bonchev–Trinajstić information content (AvgIpc) is 2.97. The molecule has 0 spiro atoms. The number of β-amino-alcohol motifs (C(OH)–C–C–N with tert-alkyl or cyclic N) is 1. The van der Waals surface area contributed by atoms with Crippen LogP contribution in [0.1, 0.15) is 118 Å². The number of cyclic esters (lactones) is 1. The fraction of sp³-hybridized carbons (Fsp3) is 0.794. The lowest BCUT2D eigenvalue weighted by molar-refractivity contribution is -0.160. The van der Waals surface area contributed by atoms with Crippen LogP contribution in [-0.2, 0) is 19.1 Å². The maximum Gasteiger partial charge on any atom is 0.309 e. The molecule has 0 saturated carbocycles. The quantitative estimate of drug-likeness (QED) is 0.291. The Morgan fingerprint density at radius 1 is 0.907 bits per heavy atom. The summed E-state index contributed by atoms with van der Waals surface area (Å²) in [6, 6.07) is 0. The van der Waals surface area contributed by atoms with Crippen LogP contribution in [0.25, 0.3) is 0 Å². The first-order valence-electron chi connectivity index (χ1n) is 16.5. The molecule has 9 heteroatoms. The van der Waals surface area contributed by atoms with Gasteiger partial charge in [-0.2, -0.15) is 0 Å². The predicted molar refractivity (Wildman–Crippen MR) is 168 cm³/mol. The van der Waals surface area contributed by atoms with Gasteiger partial charge in [0.05, 0.1) is 30.8 Å². The van der Waals surface area contributed by atoms with Gasteiger partial charge in [-0.1, -0.05) is 65.2 Å². The number of rotatable bonds is 4. The Kier molecular flexibility index (Phi) is 20.3. The van der Waals surface area contributed by atoms with E-state index in [1.807, 2.05) is 19.1 Å². The van der Waals surface area contributed by atoms with Crippen LogP contribution in [0, 0.1) is 17.8 Å². The fourth-order valence-corrected chi connectivity index (χ4v) is 5.46. The summed E-state index contributed by atoms with van der Waals surface area (Å²) >= 11 is 0. The Morgan fingerprint density at radius 3 is 2.30 bits per heavy atom. The van der Waals surface area contributed by atoms with Crippen molar-refractivity contribution in [3.8, 4) is 0 Å². The van der Waals surface area contributed by atoms with Crippen LogP contribution in [0.5, 0.6) is 0 Å². The highest BCUT2D eigenvalue weighted by Gasteiger charge is 2.27. The van der Waals surface area contributed by atoms with Gasteiger partial charge >= 0.3 is 5.97 Å². The molecule has 0 unspecified atom stereocenters. The molecule has 5 N–H and O–H groups in total. The number of ether oxygens (including phenoxy) is 1. The summed E-state index contributed by atoms with van der Waals surface area (Å²) in [7, 11) is 0. The number of amides is 1. The van der Waals surface area contributed by atoms with Crippen molar-refractivity contribution in [3.05, 3.63) is 23.8 Å². The van der Waals surface area contributed by atoms with Crippen molar-refractivity contribution in [1.82, 2.24) is 5.32 Å². The Labute approximate surface area is 259 Å². The molecule has 0 bridgehead atoms. The van der Waals surface area contributed by atoms with E-state index in [0.717, 1.165) is 38.5 Å². The second-order valence-corrected chi connectivity index (χ2v) is 12.5. The summed E-state index contributed by atoms with van der Waals surface area (Å²) in [6.07, 6.45) is 9.97. The number of nitrogens with one attached hydrogen (secondary N) is 1. The van der Waals surface area contributed by atoms with E-state index in [1.165, 1.54) is 0 Å². The van der Waals surface area contributed by atoms with E-state index in [0.29, 0.717) is 50.0 Å². The monoisotopic (exact) mass is 609 g/mol. The second-order valence-electron chi connectivity index (χ2n) is 12.5. The van der Waals surface area contributed by atoms with Gasteiger partial charge in [0.1, 0.15) is 5.78 Å². The van der Waals surface area contributed by atoms with Crippen molar-refractivity contribution in [2.24, 2.45) is 17.8 Å². The van der Waals surface area contributed by atoms with E-state index in [2.05, 4.69) is 25.2 Å². The average molecular weight is 610 g/mol. The molecule has 1 heterocycles. The molecular weight excluding hydrogens is 550 g/mol. The van der Waals surface area contributed by atoms with Gasteiger partial charge < -0.3 is 30.5 Å². The molecule has 0 fully saturated rings. The lowest BCUT2D eigenvalue weighted by Crippen LogP contribution is -2.43. The molecular formula is C34H59NO8. The smallest absolute Gasteiger partial charge is 0.309 e. The van der Waals surface area contributed by atoms with Gasteiger partial charge in [-0.15, -0.1) is 0 Å². The molecule has 43 heavy (non-hydrogen) atoms. The molecule has 9 nitrogen and oxygen atoms in total. The van der Waals surface area contributed by atoms with Crippen molar-refractivity contribution in [2.45, 2.75) is 142 Å². The van der Waals surface area contributed by atoms with E-state index >= 15 is 0 Å². The number of ketones is 1. The van der Waals surface area contributed by atoms with Crippen LogP contribution >= 0.6 is 0 Å². The van der Waals surface area contributed by atoms with Gasteiger partial charge in [0.2, 0.25) is 0 Å². The normalized spacial score (nSPS) is 33.3. The van der Waals surface area contributed by atoms with Crippen LogP contribution in [0.3, 0.4) is 0 Å². The van der Waals surface area contributed by atoms with Gasteiger partial charge in [-0.05, 0) is 68.8 Å². The molecule has 1 amide bonds. The van der Waals surface area contributed by atoms with Crippen molar-refractivity contribution in [2.75, 3.05) is 13.2 Å². The molecule has 0 aromatic rings. The first-order chi connectivity index (χ1) is 20.5. The topological polar surface area (TPSA) is 153 Å². The van der Waals surface area contributed by atoms with E-state index in [9.17, 15) is 34.8 Å². The van der Waals surface area contributed by atoms with Crippen LogP contribution in [0.4, 0.5) is 0 Å². The number of hydrogen-bond donors (Lipinski definition) is 5. The second kappa shape index (κ2) is 22.4. The van der Waals surface area contributed by atoms with Crippen LogP contribution in [0.2, 0.25) is 0 Å². The highest BCUT2D eigenvalue weighted by molar-refractivity contribution is 5.84. The lowest BCUT2D eigenvalue weighted by Gasteiger charge is -2.23. The van der Waals surface area contributed by atoms with E-state index in [1.54, 1.807) is 6.92 Å². The summed E-state index contributed by atoms with van der Waals surface area (Å²) in [5.74, 6) is -0.417. The van der Waals surface area contributed by atoms with Crippen LogP contribution < -0.4 is 5.32 Å². The van der Waals surface area contributed by atoms with Crippen LogP contribution in [-0.4, -0.2) is 75.7 Å². The zero-order valence-electron chi connectivity index (χ0n) is 27.0. The summed E-state index contributed by atoms with van der Waals surface area (Å²) in [5, 5.41) is 43.6. The van der Waals surface area contributed by atoms with Gasteiger partial charge in [-0.3, -0.25) is 14.4 Å². The number of aliphatic hydroxyl groups excluding tert-OH is 4. The number of carbonyl (C=O) groups is 3. The molecule has 0 aromatic heterocycles. The maximum absolute atomic E-state index is 12.8. The lowest BCUT2D eigenvalue weighted by atomic mass is 9.92. The number of aliphatic hydroxyl groups is 4.